The minimum atomic E-state index is -0.966. The number of carboxylic acids is 1. The number of carboxylic acid groups (broad SMARTS) is 1. The Balaban J connectivity index is 2.33. The fourth-order valence-electron chi connectivity index (χ4n) is 1.80. The van der Waals surface area contributed by atoms with E-state index in [2.05, 4.69) is 17.1 Å². The van der Waals surface area contributed by atoms with Crippen molar-refractivity contribution >= 4 is 5.97 Å². The third-order valence-corrected chi connectivity index (χ3v) is 2.65. The third-order valence-electron chi connectivity index (χ3n) is 2.65. The second-order valence-corrected chi connectivity index (χ2v) is 3.91. The highest BCUT2D eigenvalue weighted by Crippen LogP contribution is 2.21. The molecular formula is C13H14N2O2. The van der Waals surface area contributed by atoms with Gasteiger partial charge in [0.25, 0.3) is 0 Å². The van der Waals surface area contributed by atoms with Crippen LogP contribution in [-0.4, -0.2) is 21.3 Å². The van der Waals surface area contributed by atoms with Crippen molar-refractivity contribution in [1.82, 2.24) is 10.2 Å². The van der Waals surface area contributed by atoms with E-state index in [1.54, 1.807) is 0 Å². The van der Waals surface area contributed by atoms with Crippen molar-refractivity contribution in [2.75, 3.05) is 0 Å². The Labute approximate surface area is 99.3 Å². The van der Waals surface area contributed by atoms with Crippen molar-refractivity contribution in [3.8, 4) is 11.3 Å². The highest BCUT2D eigenvalue weighted by molar-refractivity contribution is 5.94. The van der Waals surface area contributed by atoms with Crippen LogP contribution in [0.2, 0.25) is 0 Å². The molecule has 0 bridgehead atoms. The van der Waals surface area contributed by atoms with E-state index in [0.29, 0.717) is 5.69 Å². The van der Waals surface area contributed by atoms with Gasteiger partial charge in [-0.1, -0.05) is 37.6 Å². The van der Waals surface area contributed by atoms with E-state index in [4.69, 9.17) is 5.11 Å². The van der Waals surface area contributed by atoms with Crippen LogP contribution in [0.3, 0.4) is 0 Å². The summed E-state index contributed by atoms with van der Waals surface area (Å²) in [6.07, 6.45) is 3.47. The summed E-state index contributed by atoms with van der Waals surface area (Å²) in [5, 5.41) is 15.5. The molecule has 1 aromatic carbocycles. The molecule has 0 unspecified atom stereocenters. The van der Waals surface area contributed by atoms with Crippen LogP contribution in [0.5, 0.6) is 0 Å². The fraction of sp³-hybridized carbons (Fsp3) is 0.231. The lowest BCUT2D eigenvalue weighted by Gasteiger charge is -2.02. The van der Waals surface area contributed by atoms with Gasteiger partial charge in [0.15, 0.2) is 0 Å². The molecule has 4 nitrogen and oxygen atoms in total. The van der Waals surface area contributed by atoms with Gasteiger partial charge in [0.05, 0.1) is 11.9 Å². The van der Waals surface area contributed by atoms with Crippen molar-refractivity contribution in [2.24, 2.45) is 0 Å². The zero-order valence-electron chi connectivity index (χ0n) is 9.60. The molecule has 0 radical (unpaired) electrons. The molecule has 0 amide bonds. The fourth-order valence-corrected chi connectivity index (χ4v) is 1.80. The van der Waals surface area contributed by atoms with Crippen molar-refractivity contribution < 1.29 is 9.90 Å². The molecule has 4 heteroatoms. The third kappa shape index (κ3) is 2.36. The highest BCUT2D eigenvalue weighted by atomic mass is 16.4. The van der Waals surface area contributed by atoms with Gasteiger partial charge in [-0.15, -0.1) is 0 Å². The standard InChI is InChI=1S/C13H14N2O2/c1-2-3-9-4-6-10(7-5-9)12-11(13(16)17)8-14-15-12/h4-8H,2-3H2,1H3,(H,14,15)(H,16,17). The molecule has 0 saturated carbocycles. The first-order valence-corrected chi connectivity index (χ1v) is 5.58. The first kappa shape index (κ1) is 11.4. The largest absolute Gasteiger partial charge is 0.478 e. The van der Waals surface area contributed by atoms with Gasteiger partial charge in [0.1, 0.15) is 5.56 Å². The van der Waals surface area contributed by atoms with E-state index in [-0.39, 0.29) is 5.56 Å². The lowest BCUT2D eigenvalue weighted by Crippen LogP contribution is -1.96. The summed E-state index contributed by atoms with van der Waals surface area (Å²) in [5.74, 6) is -0.966. The first-order chi connectivity index (χ1) is 8.22. The molecule has 0 saturated heterocycles. The van der Waals surface area contributed by atoms with Gasteiger partial charge < -0.3 is 5.11 Å². The van der Waals surface area contributed by atoms with Crippen LogP contribution in [0.4, 0.5) is 0 Å². The summed E-state index contributed by atoms with van der Waals surface area (Å²) in [4.78, 5) is 11.0. The maximum atomic E-state index is 11.0. The lowest BCUT2D eigenvalue weighted by atomic mass is 10.0. The zero-order valence-corrected chi connectivity index (χ0v) is 9.60. The second-order valence-electron chi connectivity index (χ2n) is 3.91. The quantitative estimate of drug-likeness (QED) is 0.848. The van der Waals surface area contributed by atoms with Crippen LogP contribution >= 0.6 is 0 Å². The van der Waals surface area contributed by atoms with Crippen LogP contribution in [0, 0.1) is 0 Å². The molecule has 88 valence electrons. The molecule has 0 aliphatic carbocycles. The molecule has 17 heavy (non-hydrogen) atoms. The van der Waals surface area contributed by atoms with Gasteiger partial charge in [0, 0.05) is 5.56 Å². The van der Waals surface area contributed by atoms with Gasteiger partial charge >= 0.3 is 5.97 Å². The smallest absolute Gasteiger partial charge is 0.339 e. The molecule has 1 aromatic heterocycles. The normalized spacial score (nSPS) is 10.4. The number of hydrogen-bond donors (Lipinski definition) is 2. The van der Waals surface area contributed by atoms with Gasteiger partial charge in [-0.25, -0.2) is 4.79 Å². The maximum Gasteiger partial charge on any atom is 0.339 e. The van der Waals surface area contributed by atoms with Gasteiger partial charge in [-0.05, 0) is 12.0 Å². The summed E-state index contributed by atoms with van der Waals surface area (Å²) < 4.78 is 0. The van der Waals surface area contributed by atoms with Crippen LogP contribution in [0.25, 0.3) is 11.3 Å². The number of H-pyrrole nitrogens is 1. The van der Waals surface area contributed by atoms with Crippen LogP contribution in [0.1, 0.15) is 29.3 Å². The first-order valence-electron chi connectivity index (χ1n) is 5.58. The van der Waals surface area contributed by atoms with E-state index in [9.17, 15) is 4.79 Å². The van der Waals surface area contributed by atoms with Crippen LogP contribution in [0.15, 0.2) is 30.5 Å². The number of rotatable bonds is 4. The summed E-state index contributed by atoms with van der Waals surface area (Å²) in [6.45, 7) is 2.13. The maximum absolute atomic E-state index is 11.0. The van der Waals surface area contributed by atoms with E-state index < -0.39 is 5.97 Å². The number of aromatic amines is 1. The molecule has 0 spiro atoms. The van der Waals surface area contributed by atoms with Gasteiger partial charge in [0.2, 0.25) is 0 Å². The Hall–Kier alpha value is -2.10. The summed E-state index contributed by atoms with van der Waals surface area (Å²) in [6, 6.07) is 7.88. The molecule has 2 rings (SSSR count). The molecule has 2 aromatic rings. The molecule has 1 heterocycles. The number of aromatic carboxylic acids is 1. The number of aryl methyl sites for hydroxylation is 1. The summed E-state index contributed by atoms with van der Waals surface area (Å²) in [5.41, 5.74) is 2.86. The van der Waals surface area contributed by atoms with E-state index in [1.807, 2.05) is 24.3 Å². The second kappa shape index (κ2) is 4.82. The molecule has 0 atom stereocenters. The van der Waals surface area contributed by atoms with Crippen molar-refractivity contribution in [3.05, 3.63) is 41.6 Å². The monoisotopic (exact) mass is 230 g/mol. The van der Waals surface area contributed by atoms with E-state index >= 15 is 0 Å². The van der Waals surface area contributed by atoms with Crippen molar-refractivity contribution in [2.45, 2.75) is 19.8 Å². The van der Waals surface area contributed by atoms with Gasteiger partial charge in [-0.3, -0.25) is 5.10 Å². The molecule has 0 aliphatic rings. The Kier molecular flexibility index (Phi) is 3.23. The van der Waals surface area contributed by atoms with Crippen LogP contribution in [-0.2, 0) is 6.42 Å². The Morgan fingerprint density at radius 3 is 2.65 bits per heavy atom. The van der Waals surface area contributed by atoms with E-state index in [1.165, 1.54) is 11.8 Å². The van der Waals surface area contributed by atoms with E-state index in [0.717, 1.165) is 18.4 Å². The number of nitrogens with one attached hydrogen (secondary N) is 1. The zero-order chi connectivity index (χ0) is 12.3. The molecule has 0 aliphatic heterocycles. The predicted molar refractivity (Wildman–Crippen MR) is 65.0 cm³/mol. The minimum Gasteiger partial charge on any atom is -0.478 e. The number of hydrogen-bond acceptors (Lipinski definition) is 2. The van der Waals surface area contributed by atoms with Crippen LogP contribution < -0.4 is 0 Å². The molecular weight excluding hydrogens is 216 g/mol. The topological polar surface area (TPSA) is 66.0 Å². The van der Waals surface area contributed by atoms with Gasteiger partial charge in [-0.2, -0.15) is 5.10 Å². The molecule has 2 N–H and O–H groups in total. The van der Waals surface area contributed by atoms with Crippen molar-refractivity contribution in [3.63, 3.8) is 0 Å². The summed E-state index contributed by atoms with van der Waals surface area (Å²) in [7, 11) is 0. The Bertz CT molecular complexity index is 514. The minimum absolute atomic E-state index is 0.202. The molecule has 0 fully saturated rings. The Morgan fingerprint density at radius 1 is 1.35 bits per heavy atom. The SMILES string of the molecule is CCCc1ccc(-c2[nH]ncc2C(=O)O)cc1. The number of benzene rings is 1. The number of carbonyl (C=O) groups is 1. The summed E-state index contributed by atoms with van der Waals surface area (Å²) >= 11 is 0. The predicted octanol–water partition coefficient (Wildman–Crippen LogP) is 2.73. The average molecular weight is 230 g/mol. The highest BCUT2D eigenvalue weighted by Gasteiger charge is 2.13. The Morgan fingerprint density at radius 2 is 2.06 bits per heavy atom. The number of nitrogens with zero attached hydrogens (tertiary/aromatic N) is 1. The van der Waals surface area contributed by atoms with Crippen molar-refractivity contribution in [1.29, 1.82) is 0 Å². The average Bonchev–Trinajstić information content (AvgIpc) is 2.79. The lowest BCUT2D eigenvalue weighted by molar-refractivity contribution is 0.0698. The number of aromatic nitrogens is 2.